The molecule has 0 aromatic heterocycles. The first-order valence-electron chi connectivity index (χ1n) is 7.90. The SMILES string of the molecule is Cc1ccc(C(=O)N2CCNCC2c2cccc(F)c2)c(C)c1. The van der Waals surface area contributed by atoms with Gasteiger partial charge >= 0.3 is 0 Å². The highest BCUT2D eigenvalue weighted by molar-refractivity contribution is 5.96. The zero-order valence-corrected chi connectivity index (χ0v) is 13.5. The van der Waals surface area contributed by atoms with Gasteiger partial charge in [-0.1, -0.05) is 29.8 Å². The molecule has 0 bridgehead atoms. The van der Waals surface area contributed by atoms with E-state index in [1.54, 1.807) is 6.07 Å². The number of amides is 1. The maximum Gasteiger partial charge on any atom is 0.254 e. The van der Waals surface area contributed by atoms with E-state index in [0.29, 0.717) is 13.1 Å². The molecule has 1 aliphatic rings. The summed E-state index contributed by atoms with van der Waals surface area (Å²) in [5, 5.41) is 3.30. The molecule has 0 radical (unpaired) electrons. The van der Waals surface area contributed by atoms with Crippen LogP contribution in [0.2, 0.25) is 0 Å². The van der Waals surface area contributed by atoms with Crippen molar-refractivity contribution < 1.29 is 9.18 Å². The Balaban J connectivity index is 1.93. The molecule has 4 heteroatoms. The molecular formula is C19H21FN2O. The molecule has 1 unspecified atom stereocenters. The number of nitrogens with zero attached hydrogens (tertiary/aromatic N) is 1. The maximum atomic E-state index is 13.6. The van der Waals surface area contributed by atoms with Gasteiger partial charge in [0.2, 0.25) is 0 Å². The predicted octanol–water partition coefficient (Wildman–Crippen LogP) is 3.23. The molecular weight excluding hydrogens is 291 g/mol. The summed E-state index contributed by atoms with van der Waals surface area (Å²) in [6, 6.07) is 12.2. The van der Waals surface area contributed by atoms with Crippen LogP contribution in [0.15, 0.2) is 42.5 Å². The van der Waals surface area contributed by atoms with Gasteiger partial charge < -0.3 is 10.2 Å². The second kappa shape index (κ2) is 6.50. The quantitative estimate of drug-likeness (QED) is 0.923. The second-order valence-corrected chi connectivity index (χ2v) is 6.09. The highest BCUT2D eigenvalue weighted by Gasteiger charge is 2.29. The van der Waals surface area contributed by atoms with Crippen molar-refractivity contribution >= 4 is 5.91 Å². The summed E-state index contributed by atoms with van der Waals surface area (Å²) < 4.78 is 13.6. The third-order valence-corrected chi connectivity index (χ3v) is 4.35. The van der Waals surface area contributed by atoms with E-state index >= 15 is 0 Å². The Hall–Kier alpha value is -2.20. The first-order valence-corrected chi connectivity index (χ1v) is 7.90. The minimum Gasteiger partial charge on any atom is -0.329 e. The largest absolute Gasteiger partial charge is 0.329 e. The fraction of sp³-hybridized carbons (Fsp3) is 0.316. The molecule has 1 N–H and O–H groups in total. The van der Waals surface area contributed by atoms with Crippen molar-refractivity contribution in [3.63, 3.8) is 0 Å². The molecule has 2 aromatic rings. The van der Waals surface area contributed by atoms with Crippen LogP contribution in [-0.4, -0.2) is 30.4 Å². The lowest BCUT2D eigenvalue weighted by Crippen LogP contribution is -2.48. The van der Waals surface area contributed by atoms with Gasteiger partial charge in [0.15, 0.2) is 0 Å². The zero-order chi connectivity index (χ0) is 16.4. The highest BCUT2D eigenvalue weighted by Crippen LogP contribution is 2.25. The highest BCUT2D eigenvalue weighted by atomic mass is 19.1. The van der Waals surface area contributed by atoms with E-state index in [9.17, 15) is 9.18 Å². The van der Waals surface area contributed by atoms with Crippen LogP contribution < -0.4 is 5.32 Å². The summed E-state index contributed by atoms with van der Waals surface area (Å²) in [7, 11) is 0. The number of carbonyl (C=O) groups excluding carboxylic acids is 1. The molecule has 1 atom stereocenters. The molecule has 1 amide bonds. The summed E-state index contributed by atoms with van der Waals surface area (Å²) >= 11 is 0. The number of hydrogen-bond acceptors (Lipinski definition) is 2. The van der Waals surface area contributed by atoms with Crippen LogP contribution in [0, 0.1) is 19.7 Å². The normalized spacial score (nSPS) is 18.0. The Bertz CT molecular complexity index is 729. The van der Waals surface area contributed by atoms with E-state index in [1.807, 2.05) is 43.0 Å². The van der Waals surface area contributed by atoms with Crippen LogP contribution in [0.5, 0.6) is 0 Å². The summed E-state index contributed by atoms with van der Waals surface area (Å²) in [6.07, 6.45) is 0. The summed E-state index contributed by atoms with van der Waals surface area (Å²) in [5.74, 6) is -0.259. The van der Waals surface area contributed by atoms with Crippen molar-refractivity contribution in [1.82, 2.24) is 10.2 Å². The van der Waals surface area contributed by atoms with Crippen molar-refractivity contribution in [2.24, 2.45) is 0 Å². The lowest BCUT2D eigenvalue weighted by molar-refractivity contribution is 0.0633. The van der Waals surface area contributed by atoms with Crippen LogP contribution in [-0.2, 0) is 0 Å². The smallest absolute Gasteiger partial charge is 0.254 e. The molecule has 1 fully saturated rings. The number of nitrogens with one attached hydrogen (secondary N) is 1. The lowest BCUT2D eigenvalue weighted by Gasteiger charge is -2.37. The third-order valence-electron chi connectivity index (χ3n) is 4.35. The molecule has 3 rings (SSSR count). The van der Waals surface area contributed by atoms with E-state index in [-0.39, 0.29) is 17.8 Å². The molecule has 0 aliphatic carbocycles. The van der Waals surface area contributed by atoms with E-state index in [1.165, 1.54) is 12.1 Å². The first-order chi connectivity index (χ1) is 11.1. The molecule has 1 aliphatic heterocycles. The van der Waals surface area contributed by atoms with Crippen LogP contribution >= 0.6 is 0 Å². The van der Waals surface area contributed by atoms with Crippen LogP contribution in [0.4, 0.5) is 4.39 Å². The monoisotopic (exact) mass is 312 g/mol. The van der Waals surface area contributed by atoms with Crippen molar-refractivity contribution in [3.05, 3.63) is 70.5 Å². The summed E-state index contributed by atoms with van der Waals surface area (Å²) in [5.41, 5.74) is 3.67. The maximum absolute atomic E-state index is 13.6. The van der Waals surface area contributed by atoms with Gasteiger partial charge in [-0.25, -0.2) is 4.39 Å². The van der Waals surface area contributed by atoms with Gasteiger partial charge in [-0.05, 0) is 43.2 Å². The third kappa shape index (κ3) is 3.27. The molecule has 1 heterocycles. The Kier molecular flexibility index (Phi) is 4.44. The number of aryl methyl sites for hydroxylation is 2. The Morgan fingerprint density at radius 3 is 2.78 bits per heavy atom. The van der Waals surface area contributed by atoms with Crippen molar-refractivity contribution in [2.75, 3.05) is 19.6 Å². The van der Waals surface area contributed by atoms with Gasteiger partial charge in [0.05, 0.1) is 6.04 Å². The lowest BCUT2D eigenvalue weighted by atomic mass is 9.99. The minimum atomic E-state index is -0.271. The van der Waals surface area contributed by atoms with Gasteiger partial charge in [0, 0.05) is 25.2 Å². The molecule has 0 spiro atoms. The number of rotatable bonds is 2. The van der Waals surface area contributed by atoms with Gasteiger partial charge in [-0.2, -0.15) is 0 Å². The summed E-state index contributed by atoms with van der Waals surface area (Å²) in [6.45, 7) is 5.98. The Morgan fingerprint density at radius 1 is 1.22 bits per heavy atom. The second-order valence-electron chi connectivity index (χ2n) is 6.09. The summed E-state index contributed by atoms with van der Waals surface area (Å²) in [4.78, 5) is 14.9. The van der Waals surface area contributed by atoms with Crippen molar-refractivity contribution in [3.8, 4) is 0 Å². The van der Waals surface area contributed by atoms with Gasteiger partial charge in [0.25, 0.3) is 5.91 Å². The molecule has 120 valence electrons. The molecule has 1 saturated heterocycles. The van der Waals surface area contributed by atoms with E-state index in [2.05, 4.69) is 5.32 Å². The number of carbonyl (C=O) groups is 1. The first kappa shape index (κ1) is 15.7. The average Bonchev–Trinajstić information content (AvgIpc) is 2.54. The van der Waals surface area contributed by atoms with Gasteiger partial charge in [0.1, 0.15) is 5.82 Å². The molecule has 2 aromatic carbocycles. The van der Waals surface area contributed by atoms with Gasteiger partial charge in [-0.3, -0.25) is 4.79 Å². The number of benzene rings is 2. The molecule has 0 saturated carbocycles. The molecule has 3 nitrogen and oxygen atoms in total. The van der Waals surface area contributed by atoms with Crippen molar-refractivity contribution in [1.29, 1.82) is 0 Å². The topological polar surface area (TPSA) is 32.3 Å². The molecule has 23 heavy (non-hydrogen) atoms. The number of hydrogen-bond donors (Lipinski definition) is 1. The van der Waals surface area contributed by atoms with Crippen LogP contribution in [0.3, 0.4) is 0 Å². The average molecular weight is 312 g/mol. The number of halogens is 1. The zero-order valence-electron chi connectivity index (χ0n) is 13.5. The minimum absolute atomic E-state index is 0.0123. The fourth-order valence-corrected chi connectivity index (χ4v) is 3.17. The predicted molar refractivity (Wildman–Crippen MR) is 89.0 cm³/mol. The van der Waals surface area contributed by atoms with Gasteiger partial charge in [-0.15, -0.1) is 0 Å². The van der Waals surface area contributed by atoms with E-state index in [4.69, 9.17) is 0 Å². The Labute approximate surface area is 136 Å². The van der Waals surface area contributed by atoms with Crippen LogP contribution in [0.25, 0.3) is 0 Å². The fourth-order valence-electron chi connectivity index (χ4n) is 3.17. The Morgan fingerprint density at radius 2 is 2.04 bits per heavy atom. The number of piperazine rings is 1. The van der Waals surface area contributed by atoms with E-state index in [0.717, 1.165) is 28.8 Å². The van der Waals surface area contributed by atoms with E-state index < -0.39 is 0 Å². The standard InChI is InChI=1S/C19H21FN2O/c1-13-6-7-17(14(2)10-13)19(23)22-9-8-21-12-18(22)15-4-3-5-16(20)11-15/h3-7,10-11,18,21H,8-9,12H2,1-2H3. The van der Waals surface area contributed by atoms with Crippen LogP contribution in [0.1, 0.15) is 33.1 Å². The van der Waals surface area contributed by atoms with Crippen molar-refractivity contribution in [2.45, 2.75) is 19.9 Å².